The lowest BCUT2D eigenvalue weighted by Gasteiger charge is -2.01. The average molecular weight is 310 g/mol. The summed E-state index contributed by atoms with van der Waals surface area (Å²) in [5.74, 6) is -0.733. The van der Waals surface area contributed by atoms with Crippen LogP contribution in [0.1, 0.15) is 90.4 Å². The zero-order valence-electron chi connectivity index (χ0n) is 14.3. The Morgan fingerprint density at radius 2 is 1.59 bits per heavy atom. The van der Waals surface area contributed by atoms with E-state index in [9.17, 15) is 4.79 Å². The SMILES string of the molecule is CCCCCCCCCCCCC=CC1OC1CCC(=O)O. The maximum Gasteiger partial charge on any atom is 0.303 e. The average Bonchev–Trinajstić information content (AvgIpc) is 3.25. The van der Waals surface area contributed by atoms with E-state index in [-0.39, 0.29) is 18.6 Å². The van der Waals surface area contributed by atoms with Crippen LogP contribution in [0.2, 0.25) is 0 Å². The number of hydrogen-bond acceptors (Lipinski definition) is 2. The molecule has 2 unspecified atom stereocenters. The summed E-state index contributed by atoms with van der Waals surface area (Å²) in [6.45, 7) is 2.26. The predicted octanol–water partition coefficient (Wildman–Crippen LogP) is 5.49. The van der Waals surface area contributed by atoms with Gasteiger partial charge in [0, 0.05) is 6.42 Å². The Kier molecular flexibility index (Phi) is 11.1. The summed E-state index contributed by atoms with van der Waals surface area (Å²) in [6, 6.07) is 0. The Balaban J connectivity index is 1.78. The lowest BCUT2D eigenvalue weighted by Crippen LogP contribution is -1.98. The van der Waals surface area contributed by atoms with Crippen LogP contribution in [0.3, 0.4) is 0 Å². The standard InChI is InChI=1S/C19H34O3/c1-2-3-4-5-6-7-8-9-10-11-12-13-14-17-18(22-17)15-16-19(20)21/h13-14,17-18H,2-12,15-16H2,1H3,(H,20,21). The molecule has 0 aromatic rings. The van der Waals surface area contributed by atoms with Gasteiger partial charge in [-0.2, -0.15) is 0 Å². The third-order valence-corrected chi connectivity index (χ3v) is 4.31. The highest BCUT2D eigenvalue weighted by molar-refractivity contribution is 5.66. The van der Waals surface area contributed by atoms with E-state index in [4.69, 9.17) is 9.84 Å². The number of hydrogen-bond donors (Lipinski definition) is 1. The van der Waals surface area contributed by atoms with Gasteiger partial charge < -0.3 is 9.84 Å². The summed E-state index contributed by atoms with van der Waals surface area (Å²) in [5, 5.41) is 8.59. The number of allylic oxidation sites excluding steroid dienone is 1. The number of carboxylic acid groups (broad SMARTS) is 1. The molecule has 0 bridgehead atoms. The van der Waals surface area contributed by atoms with E-state index >= 15 is 0 Å². The van der Waals surface area contributed by atoms with Crippen molar-refractivity contribution in [3.05, 3.63) is 12.2 Å². The third kappa shape index (κ3) is 10.8. The first-order chi connectivity index (χ1) is 10.7. The van der Waals surface area contributed by atoms with Crippen LogP contribution in [0.25, 0.3) is 0 Å². The zero-order chi connectivity index (χ0) is 16.0. The molecule has 128 valence electrons. The van der Waals surface area contributed by atoms with E-state index in [1.165, 1.54) is 64.2 Å². The minimum absolute atomic E-state index is 0.153. The molecule has 0 aromatic carbocycles. The molecule has 1 fully saturated rings. The molecular weight excluding hydrogens is 276 g/mol. The molecule has 0 spiro atoms. The first kappa shape index (κ1) is 19.2. The summed E-state index contributed by atoms with van der Waals surface area (Å²) in [7, 11) is 0. The quantitative estimate of drug-likeness (QED) is 0.247. The van der Waals surface area contributed by atoms with E-state index < -0.39 is 5.97 Å². The molecule has 1 N–H and O–H groups in total. The van der Waals surface area contributed by atoms with Crippen LogP contribution in [-0.2, 0) is 9.53 Å². The number of ether oxygens (including phenoxy) is 1. The van der Waals surface area contributed by atoms with Crippen LogP contribution < -0.4 is 0 Å². The number of unbranched alkanes of at least 4 members (excludes halogenated alkanes) is 10. The monoisotopic (exact) mass is 310 g/mol. The van der Waals surface area contributed by atoms with E-state index in [2.05, 4.69) is 19.1 Å². The van der Waals surface area contributed by atoms with Crippen molar-refractivity contribution in [2.45, 2.75) is 103 Å². The number of rotatable bonds is 15. The van der Waals surface area contributed by atoms with Crippen molar-refractivity contribution < 1.29 is 14.6 Å². The maximum absolute atomic E-state index is 10.4. The second-order valence-corrected chi connectivity index (χ2v) is 6.47. The van der Waals surface area contributed by atoms with Gasteiger partial charge in [-0.1, -0.05) is 76.9 Å². The molecule has 0 aliphatic carbocycles. The van der Waals surface area contributed by atoms with Crippen molar-refractivity contribution in [3.63, 3.8) is 0 Å². The lowest BCUT2D eigenvalue weighted by molar-refractivity contribution is -0.137. The minimum Gasteiger partial charge on any atom is -0.481 e. The first-order valence-electron chi connectivity index (χ1n) is 9.28. The summed E-state index contributed by atoms with van der Waals surface area (Å²) < 4.78 is 5.42. The molecule has 1 rings (SSSR count). The number of carboxylic acids is 1. The highest BCUT2D eigenvalue weighted by Gasteiger charge is 2.35. The Bertz CT molecular complexity index is 312. The fourth-order valence-corrected chi connectivity index (χ4v) is 2.80. The minimum atomic E-state index is -0.733. The van der Waals surface area contributed by atoms with Gasteiger partial charge in [0.2, 0.25) is 0 Å². The van der Waals surface area contributed by atoms with Crippen LogP contribution >= 0.6 is 0 Å². The van der Waals surface area contributed by atoms with Gasteiger partial charge in [-0.05, 0) is 19.3 Å². The first-order valence-corrected chi connectivity index (χ1v) is 9.28. The topological polar surface area (TPSA) is 49.8 Å². The molecule has 0 saturated carbocycles. The van der Waals surface area contributed by atoms with Crippen molar-refractivity contribution in [1.82, 2.24) is 0 Å². The normalized spacial score (nSPS) is 20.6. The molecule has 1 heterocycles. The van der Waals surface area contributed by atoms with Gasteiger partial charge in [0.05, 0.1) is 6.10 Å². The highest BCUT2D eigenvalue weighted by atomic mass is 16.6. The fraction of sp³-hybridized carbons (Fsp3) is 0.842. The summed E-state index contributed by atoms with van der Waals surface area (Å²) in [6.07, 6.45) is 20.4. The Morgan fingerprint density at radius 3 is 2.18 bits per heavy atom. The Hall–Kier alpha value is -0.830. The van der Waals surface area contributed by atoms with Crippen LogP contribution in [0, 0.1) is 0 Å². The van der Waals surface area contributed by atoms with Gasteiger partial charge in [-0.3, -0.25) is 4.79 Å². The maximum atomic E-state index is 10.4. The number of epoxide rings is 1. The predicted molar refractivity (Wildman–Crippen MR) is 91.1 cm³/mol. The molecule has 1 aliphatic heterocycles. The smallest absolute Gasteiger partial charge is 0.303 e. The molecular formula is C19H34O3. The molecule has 0 aromatic heterocycles. The molecule has 22 heavy (non-hydrogen) atoms. The lowest BCUT2D eigenvalue weighted by atomic mass is 10.1. The van der Waals surface area contributed by atoms with Gasteiger partial charge in [0.25, 0.3) is 0 Å². The molecule has 3 nitrogen and oxygen atoms in total. The van der Waals surface area contributed by atoms with Gasteiger partial charge >= 0.3 is 5.97 Å². The number of aliphatic carboxylic acids is 1. The van der Waals surface area contributed by atoms with Gasteiger partial charge in [-0.15, -0.1) is 0 Å². The Morgan fingerprint density at radius 1 is 1.00 bits per heavy atom. The van der Waals surface area contributed by atoms with Crippen LogP contribution in [-0.4, -0.2) is 23.3 Å². The highest BCUT2D eigenvalue weighted by Crippen LogP contribution is 2.27. The molecule has 0 radical (unpaired) electrons. The van der Waals surface area contributed by atoms with Gasteiger partial charge in [0.15, 0.2) is 0 Å². The van der Waals surface area contributed by atoms with Crippen molar-refractivity contribution >= 4 is 5.97 Å². The van der Waals surface area contributed by atoms with Crippen LogP contribution in [0.5, 0.6) is 0 Å². The van der Waals surface area contributed by atoms with Crippen molar-refractivity contribution in [3.8, 4) is 0 Å². The van der Waals surface area contributed by atoms with E-state index in [1.54, 1.807) is 0 Å². The van der Waals surface area contributed by atoms with Gasteiger partial charge in [-0.25, -0.2) is 0 Å². The summed E-state index contributed by atoms with van der Waals surface area (Å²) in [4.78, 5) is 10.4. The van der Waals surface area contributed by atoms with Crippen molar-refractivity contribution in [2.75, 3.05) is 0 Å². The summed E-state index contributed by atoms with van der Waals surface area (Å²) in [5.41, 5.74) is 0. The molecule has 1 aliphatic rings. The second kappa shape index (κ2) is 12.7. The fourth-order valence-electron chi connectivity index (χ4n) is 2.80. The van der Waals surface area contributed by atoms with Crippen molar-refractivity contribution in [2.24, 2.45) is 0 Å². The Labute approximate surface area is 136 Å². The van der Waals surface area contributed by atoms with Crippen molar-refractivity contribution in [1.29, 1.82) is 0 Å². The third-order valence-electron chi connectivity index (χ3n) is 4.31. The molecule has 1 saturated heterocycles. The molecule has 0 amide bonds. The molecule has 2 atom stereocenters. The van der Waals surface area contributed by atoms with Gasteiger partial charge in [0.1, 0.15) is 6.10 Å². The molecule has 3 heteroatoms. The van der Waals surface area contributed by atoms with Crippen LogP contribution in [0.15, 0.2) is 12.2 Å². The zero-order valence-corrected chi connectivity index (χ0v) is 14.3. The second-order valence-electron chi connectivity index (χ2n) is 6.47. The number of carbonyl (C=O) groups is 1. The van der Waals surface area contributed by atoms with Crippen LogP contribution in [0.4, 0.5) is 0 Å². The van der Waals surface area contributed by atoms with E-state index in [0.29, 0.717) is 6.42 Å². The van der Waals surface area contributed by atoms with E-state index in [1.807, 2.05) is 0 Å². The summed E-state index contributed by atoms with van der Waals surface area (Å²) >= 11 is 0. The largest absolute Gasteiger partial charge is 0.481 e. The van der Waals surface area contributed by atoms with E-state index in [0.717, 1.165) is 6.42 Å².